The molecule has 0 saturated heterocycles. The van der Waals surface area contributed by atoms with Crippen LogP contribution in [-0.2, 0) is 0 Å². The summed E-state index contributed by atoms with van der Waals surface area (Å²) >= 11 is 5.72. The SMILES string of the molecule is Cc1ccc(Cl)cc1NCCC(F)(F)F. The third-order valence-corrected chi connectivity index (χ3v) is 2.16. The molecule has 0 fully saturated rings. The van der Waals surface area contributed by atoms with Crippen LogP contribution in [-0.4, -0.2) is 12.7 Å². The molecule has 15 heavy (non-hydrogen) atoms. The summed E-state index contributed by atoms with van der Waals surface area (Å²) in [5.74, 6) is 0. The fourth-order valence-electron chi connectivity index (χ4n) is 1.12. The van der Waals surface area contributed by atoms with Crippen molar-refractivity contribution >= 4 is 17.3 Å². The fraction of sp³-hybridized carbons (Fsp3) is 0.400. The highest BCUT2D eigenvalue weighted by Gasteiger charge is 2.26. The molecule has 5 heteroatoms. The molecule has 0 heterocycles. The third-order valence-electron chi connectivity index (χ3n) is 1.92. The van der Waals surface area contributed by atoms with Gasteiger partial charge in [-0.1, -0.05) is 17.7 Å². The number of benzene rings is 1. The van der Waals surface area contributed by atoms with Crippen LogP contribution in [0.5, 0.6) is 0 Å². The minimum Gasteiger partial charge on any atom is -0.384 e. The predicted molar refractivity (Wildman–Crippen MR) is 55.4 cm³/mol. The molecular weight excluding hydrogens is 227 g/mol. The molecule has 1 nitrogen and oxygen atoms in total. The van der Waals surface area contributed by atoms with Crippen molar-refractivity contribution in [3.63, 3.8) is 0 Å². The van der Waals surface area contributed by atoms with Gasteiger partial charge in [-0.3, -0.25) is 0 Å². The Kier molecular flexibility index (Phi) is 3.85. The standard InChI is InChI=1S/C10H11ClF3N/c1-7-2-3-8(11)6-9(7)15-5-4-10(12,13)14/h2-3,6,15H,4-5H2,1H3. The molecule has 0 amide bonds. The molecule has 1 aromatic carbocycles. The highest BCUT2D eigenvalue weighted by Crippen LogP contribution is 2.22. The summed E-state index contributed by atoms with van der Waals surface area (Å²) in [6.07, 6.45) is -4.97. The first-order chi connectivity index (χ1) is 6.88. The van der Waals surface area contributed by atoms with Gasteiger partial charge < -0.3 is 5.32 Å². The van der Waals surface area contributed by atoms with Crippen molar-refractivity contribution in [3.05, 3.63) is 28.8 Å². The largest absolute Gasteiger partial charge is 0.390 e. The van der Waals surface area contributed by atoms with Crippen molar-refractivity contribution in [2.24, 2.45) is 0 Å². The average molecular weight is 238 g/mol. The lowest BCUT2D eigenvalue weighted by atomic mass is 10.2. The molecular formula is C10H11ClF3N. The number of rotatable bonds is 3. The van der Waals surface area contributed by atoms with E-state index in [0.29, 0.717) is 10.7 Å². The van der Waals surface area contributed by atoms with Gasteiger partial charge in [0.25, 0.3) is 0 Å². The minimum absolute atomic E-state index is 0.134. The van der Waals surface area contributed by atoms with E-state index in [1.807, 2.05) is 6.92 Å². The third kappa shape index (κ3) is 4.42. The summed E-state index contributed by atoms with van der Waals surface area (Å²) in [5.41, 5.74) is 1.52. The summed E-state index contributed by atoms with van der Waals surface area (Å²) in [6, 6.07) is 5.08. The second-order valence-corrected chi connectivity index (χ2v) is 3.69. The van der Waals surface area contributed by atoms with Crippen molar-refractivity contribution < 1.29 is 13.2 Å². The molecule has 0 aliphatic rings. The van der Waals surface area contributed by atoms with Crippen LogP contribution in [0.1, 0.15) is 12.0 Å². The topological polar surface area (TPSA) is 12.0 Å². The van der Waals surface area contributed by atoms with Crippen LogP contribution in [0.4, 0.5) is 18.9 Å². The van der Waals surface area contributed by atoms with E-state index in [1.165, 1.54) is 0 Å². The molecule has 1 rings (SSSR count). The molecule has 84 valence electrons. The molecule has 1 aromatic rings. The van der Waals surface area contributed by atoms with Gasteiger partial charge >= 0.3 is 6.18 Å². The maximum absolute atomic E-state index is 11.9. The van der Waals surface area contributed by atoms with Crippen LogP contribution < -0.4 is 5.32 Å². The van der Waals surface area contributed by atoms with Crippen molar-refractivity contribution in [2.45, 2.75) is 19.5 Å². The fourth-order valence-corrected chi connectivity index (χ4v) is 1.30. The van der Waals surface area contributed by atoms with Gasteiger partial charge in [0.05, 0.1) is 6.42 Å². The van der Waals surface area contributed by atoms with E-state index in [1.54, 1.807) is 18.2 Å². The lowest BCUT2D eigenvalue weighted by molar-refractivity contribution is -0.131. The predicted octanol–water partition coefficient (Wildman–Crippen LogP) is 4.01. The molecule has 0 radical (unpaired) electrons. The Morgan fingerprint density at radius 2 is 2.00 bits per heavy atom. The minimum atomic E-state index is -4.13. The second kappa shape index (κ2) is 4.75. The maximum atomic E-state index is 11.9. The Balaban J connectivity index is 2.54. The first kappa shape index (κ1) is 12.2. The van der Waals surface area contributed by atoms with E-state index >= 15 is 0 Å². The van der Waals surface area contributed by atoms with E-state index in [2.05, 4.69) is 5.32 Å². The van der Waals surface area contributed by atoms with E-state index in [0.717, 1.165) is 5.56 Å². The Labute approximate surface area is 91.2 Å². The number of aryl methyl sites for hydroxylation is 1. The zero-order valence-electron chi connectivity index (χ0n) is 8.16. The number of alkyl halides is 3. The molecule has 0 unspecified atom stereocenters. The van der Waals surface area contributed by atoms with E-state index in [-0.39, 0.29) is 6.54 Å². The lowest BCUT2D eigenvalue weighted by Gasteiger charge is -2.11. The normalized spacial score (nSPS) is 11.5. The molecule has 0 atom stereocenters. The summed E-state index contributed by atoms with van der Waals surface area (Å²) in [7, 11) is 0. The highest BCUT2D eigenvalue weighted by molar-refractivity contribution is 6.30. The lowest BCUT2D eigenvalue weighted by Crippen LogP contribution is -2.14. The quantitative estimate of drug-likeness (QED) is 0.838. The average Bonchev–Trinajstić information content (AvgIpc) is 2.09. The van der Waals surface area contributed by atoms with Gasteiger partial charge in [0, 0.05) is 17.3 Å². The Morgan fingerprint density at radius 3 is 2.60 bits per heavy atom. The van der Waals surface area contributed by atoms with E-state index in [4.69, 9.17) is 11.6 Å². The van der Waals surface area contributed by atoms with Gasteiger partial charge in [-0.15, -0.1) is 0 Å². The van der Waals surface area contributed by atoms with Gasteiger partial charge in [-0.2, -0.15) is 13.2 Å². The van der Waals surface area contributed by atoms with Gasteiger partial charge in [-0.05, 0) is 24.6 Å². The van der Waals surface area contributed by atoms with Crippen molar-refractivity contribution in [3.8, 4) is 0 Å². The van der Waals surface area contributed by atoms with Crippen molar-refractivity contribution in [1.82, 2.24) is 0 Å². The maximum Gasteiger partial charge on any atom is 0.390 e. The van der Waals surface area contributed by atoms with Gasteiger partial charge in [0.15, 0.2) is 0 Å². The first-order valence-electron chi connectivity index (χ1n) is 4.45. The van der Waals surface area contributed by atoms with Gasteiger partial charge in [0.2, 0.25) is 0 Å². The number of hydrogen-bond acceptors (Lipinski definition) is 1. The molecule has 0 aromatic heterocycles. The molecule has 0 saturated carbocycles. The van der Waals surface area contributed by atoms with E-state index in [9.17, 15) is 13.2 Å². The number of anilines is 1. The van der Waals surface area contributed by atoms with Crippen LogP contribution in [0.25, 0.3) is 0 Å². The second-order valence-electron chi connectivity index (χ2n) is 3.25. The van der Waals surface area contributed by atoms with Crippen molar-refractivity contribution in [2.75, 3.05) is 11.9 Å². The van der Waals surface area contributed by atoms with Gasteiger partial charge in [0.1, 0.15) is 0 Å². The highest BCUT2D eigenvalue weighted by atomic mass is 35.5. The molecule has 1 N–H and O–H groups in total. The first-order valence-corrected chi connectivity index (χ1v) is 4.83. The summed E-state index contributed by atoms with van der Waals surface area (Å²) in [5, 5.41) is 3.22. The number of nitrogens with one attached hydrogen (secondary N) is 1. The van der Waals surface area contributed by atoms with Gasteiger partial charge in [-0.25, -0.2) is 0 Å². The molecule has 0 aliphatic carbocycles. The smallest absolute Gasteiger partial charge is 0.384 e. The van der Waals surface area contributed by atoms with Crippen molar-refractivity contribution in [1.29, 1.82) is 0 Å². The van der Waals surface area contributed by atoms with Crippen LogP contribution >= 0.6 is 11.6 Å². The number of halogens is 4. The van der Waals surface area contributed by atoms with Crippen LogP contribution in [0.3, 0.4) is 0 Å². The summed E-state index contributed by atoms with van der Waals surface area (Å²) in [4.78, 5) is 0. The Morgan fingerprint density at radius 1 is 1.33 bits per heavy atom. The number of hydrogen-bond donors (Lipinski definition) is 1. The molecule has 0 aliphatic heterocycles. The van der Waals surface area contributed by atoms with Crippen LogP contribution in [0, 0.1) is 6.92 Å². The molecule has 0 spiro atoms. The zero-order valence-corrected chi connectivity index (χ0v) is 8.91. The van der Waals surface area contributed by atoms with Crippen LogP contribution in [0.15, 0.2) is 18.2 Å². The van der Waals surface area contributed by atoms with Crippen LogP contribution in [0.2, 0.25) is 5.02 Å². The molecule has 0 bridgehead atoms. The Bertz CT molecular complexity index is 336. The monoisotopic (exact) mass is 237 g/mol. The summed E-state index contributed by atoms with van der Waals surface area (Å²) < 4.78 is 35.6. The van der Waals surface area contributed by atoms with E-state index < -0.39 is 12.6 Å². The zero-order chi connectivity index (χ0) is 11.5. The summed E-state index contributed by atoms with van der Waals surface area (Å²) in [6.45, 7) is 1.68. The Hall–Kier alpha value is -0.900.